The van der Waals surface area contributed by atoms with Crippen molar-refractivity contribution >= 4 is 5.97 Å². The number of carbonyl (C=O) groups is 1. The van der Waals surface area contributed by atoms with Crippen LogP contribution >= 0.6 is 0 Å². The molecule has 0 bridgehead atoms. The van der Waals surface area contributed by atoms with Gasteiger partial charge in [0.15, 0.2) is 5.92 Å². The van der Waals surface area contributed by atoms with Gasteiger partial charge in [0, 0.05) is 0 Å². The Labute approximate surface area is 93.7 Å². The number of ether oxygens (including phenoxy) is 1. The first kappa shape index (κ1) is 11.7. The molecule has 0 radical (unpaired) electrons. The molecule has 4 nitrogen and oxygen atoms in total. The van der Waals surface area contributed by atoms with E-state index in [0.717, 1.165) is 0 Å². The number of rotatable bonds is 3. The van der Waals surface area contributed by atoms with Crippen molar-refractivity contribution in [1.29, 1.82) is 10.5 Å². The molecule has 0 N–H and O–H groups in total. The first-order valence-corrected chi connectivity index (χ1v) is 4.79. The minimum absolute atomic E-state index is 0.243. The van der Waals surface area contributed by atoms with Crippen molar-refractivity contribution in [2.45, 2.75) is 12.8 Å². The Morgan fingerprint density at radius 2 is 2.00 bits per heavy atom. The van der Waals surface area contributed by atoms with Gasteiger partial charge in [-0.15, -0.1) is 0 Å². The molecule has 80 valence electrons. The van der Waals surface area contributed by atoms with Crippen molar-refractivity contribution in [2.24, 2.45) is 0 Å². The van der Waals surface area contributed by atoms with Gasteiger partial charge in [-0.1, -0.05) is 12.1 Å². The van der Waals surface area contributed by atoms with Crippen LogP contribution in [0.2, 0.25) is 0 Å². The Hall–Kier alpha value is -2.33. The Morgan fingerprint density at radius 3 is 2.44 bits per heavy atom. The average molecular weight is 214 g/mol. The molecule has 0 aromatic heterocycles. The van der Waals surface area contributed by atoms with Crippen molar-refractivity contribution in [2.75, 3.05) is 6.61 Å². The molecule has 1 aromatic carbocycles. The number of benzene rings is 1. The lowest BCUT2D eigenvalue weighted by Gasteiger charge is -2.08. The zero-order chi connectivity index (χ0) is 12.0. The highest BCUT2D eigenvalue weighted by molar-refractivity contribution is 5.81. The quantitative estimate of drug-likeness (QED) is 0.718. The van der Waals surface area contributed by atoms with Crippen molar-refractivity contribution < 1.29 is 9.53 Å². The highest BCUT2D eigenvalue weighted by Crippen LogP contribution is 2.17. The third-order valence-corrected chi connectivity index (χ3v) is 2.02. The van der Waals surface area contributed by atoms with Gasteiger partial charge < -0.3 is 4.74 Å². The largest absolute Gasteiger partial charge is 0.465 e. The molecule has 0 saturated carbocycles. The second kappa shape index (κ2) is 5.53. The number of nitrogens with zero attached hydrogens (tertiary/aromatic N) is 2. The topological polar surface area (TPSA) is 73.9 Å². The van der Waals surface area contributed by atoms with Gasteiger partial charge in [-0.05, 0) is 24.6 Å². The lowest BCUT2D eigenvalue weighted by Crippen LogP contribution is -2.14. The van der Waals surface area contributed by atoms with Crippen molar-refractivity contribution in [3.63, 3.8) is 0 Å². The van der Waals surface area contributed by atoms with E-state index in [2.05, 4.69) is 0 Å². The smallest absolute Gasteiger partial charge is 0.327 e. The van der Waals surface area contributed by atoms with E-state index in [1.165, 1.54) is 0 Å². The maximum atomic E-state index is 11.4. The Morgan fingerprint density at radius 1 is 1.38 bits per heavy atom. The molecule has 1 rings (SSSR count). The average Bonchev–Trinajstić information content (AvgIpc) is 2.31. The van der Waals surface area contributed by atoms with E-state index >= 15 is 0 Å². The van der Waals surface area contributed by atoms with Crippen molar-refractivity contribution in [3.05, 3.63) is 35.4 Å². The summed E-state index contributed by atoms with van der Waals surface area (Å²) in [6, 6.07) is 10.2. The van der Waals surface area contributed by atoms with Gasteiger partial charge in [-0.2, -0.15) is 10.5 Å². The van der Waals surface area contributed by atoms with E-state index in [1.54, 1.807) is 31.2 Å². The molecular formula is C12H10N2O2. The summed E-state index contributed by atoms with van der Waals surface area (Å²) in [6.45, 7) is 1.93. The summed E-state index contributed by atoms with van der Waals surface area (Å²) in [5.74, 6) is -1.48. The summed E-state index contributed by atoms with van der Waals surface area (Å²) in [6.07, 6.45) is 0. The summed E-state index contributed by atoms with van der Waals surface area (Å²) < 4.78 is 4.78. The van der Waals surface area contributed by atoms with E-state index in [1.807, 2.05) is 12.1 Å². The third-order valence-electron chi connectivity index (χ3n) is 2.02. The lowest BCUT2D eigenvalue weighted by molar-refractivity contribution is -0.143. The summed E-state index contributed by atoms with van der Waals surface area (Å²) in [5, 5.41) is 17.5. The van der Waals surface area contributed by atoms with E-state index in [0.29, 0.717) is 11.1 Å². The maximum absolute atomic E-state index is 11.4. The predicted octanol–water partition coefficient (Wildman–Crippen LogP) is 1.73. The molecule has 0 spiro atoms. The number of carbonyl (C=O) groups excluding carboxylic acids is 1. The second-order valence-corrected chi connectivity index (χ2v) is 3.05. The van der Waals surface area contributed by atoms with Gasteiger partial charge in [-0.25, -0.2) is 0 Å². The molecule has 16 heavy (non-hydrogen) atoms. The Kier molecular flexibility index (Phi) is 4.06. The van der Waals surface area contributed by atoms with Gasteiger partial charge in [0.05, 0.1) is 24.3 Å². The van der Waals surface area contributed by atoms with Crippen molar-refractivity contribution in [1.82, 2.24) is 0 Å². The van der Waals surface area contributed by atoms with Gasteiger partial charge in [0.25, 0.3) is 0 Å². The molecule has 1 atom stereocenters. The van der Waals surface area contributed by atoms with Crippen LogP contribution in [0, 0.1) is 22.7 Å². The fourth-order valence-electron chi connectivity index (χ4n) is 1.24. The number of esters is 1. The van der Waals surface area contributed by atoms with Crippen LogP contribution in [0.1, 0.15) is 24.0 Å². The molecule has 0 unspecified atom stereocenters. The SMILES string of the molecule is CCOC(=O)[C@@H](C#N)c1ccc(C#N)cc1. The van der Waals surface area contributed by atoms with Crippen molar-refractivity contribution in [3.8, 4) is 12.1 Å². The van der Waals surface area contributed by atoms with Crippen LogP contribution in [0.25, 0.3) is 0 Å². The Balaban J connectivity index is 2.93. The van der Waals surface area contributed by atoms with Crippen LogP contribution in [0.3, 0.4) is 0 Å². The van der Waals surface area contributed by atoms with Crippen LogP contribution in [-0.2, 0) is 9.53 Å². The number of hydrogen-bond acceptors (Lipinski definition) is 4. The fraction of sp³-hybridized carbons (Fsp3) is 0.250. The molecule has 0 fully saturated rings. The normalized spacial score (nSPS) is 10.9. The zero-order valence-electron chi connectivity index (χ0n) is 8.80. The van der Waals surface area contributed by atoms with Crippen LogP contribution in [0.15, 0.2) is 24.3 Å². The van der Waals surface area contributed by atoms with Crippen LogP contribution in [0.4, 0.5) is 0 Å². The monoisotopic (exact) mass is 214 g/mol. The van der Waals surface area contributed by atoms with Crippen LogP contribution in [-0.4, -0.2) is 12.6 Å². The number of nitriles is 2. The third kappa shape index (κ3) is 2.59. The van der Waals surface area contributed by atoms with Crippen LogP contribution < -0.4 is 0 Å². The van der Waals surface area contributed by atoms with E-state index in [4.69, 9.17) is 15.3 Å². The van der Waals surface area contributed by atoms with Gasteiger partial charge in [0.1, 0.15) is 0 Å². The first-order chi connectivity index (χ1) is 7.72. The van der Waals surface area contributed by atoms with E-state index in [-0.39, 0.29) is 6.61 Å². The predicted molar refractivity (Wildman–Crippen MR) is 56.1 cm³/mol. The molecule has 0 aliphatic carbocycles. The Bertz CT molecular complexity index is 451. The summed E-state index contributed by atoms with van der Waals surface area (Å²) in [5.41, 5.74) is 1.03. The van der Waals surface area contributed by atoms with Gasteiger partial charge in [-0.3, -0.25) is 4.79 Å². The zero-order valence-corrected chi connectivity index (χ0v) is 8.80. The fourth-order valence-corrected chi connectivity index (χ4v) is 1.24. The summed E-state index contributed by atoms with van der Waals surface area (Å²) in [4.78, 5) is 11.4. The molecule has 0 aliphatic heterocycles. The molecule has 4 heteroatoms. The molecule has 0 heterocycles. The molecule has 0 aliphatic rings. The molecular weight excluding hydrogens is 204 g/mol. The molecule has 0 saturated heterocycles. The molecule has 0 amide bonds. The minimum atomic E-state index is -0.923. The van der Waals surface area contributed by atoms with E-state index < -0.39 is 11.9 Å². The standard InChI is InChI=1S/C12H10N2O2/c1-2-16-12(15)11(8-14)10-5-3-9(7-13)4-6-10/h3-6,11H,2H2,1H3/t11-/m0/s1. The maximum Gasteiger partial charge on any atom is 0.327 e. The minimum Gasteiger partial charge on any atom is -0.465 e. The van der Waals surface area contributed by atoms with Gasteiger partial charge in [0.2, 0.25) is 0 Å². The summed E-state index contributed by atoms with van der Waals surface area (Å²) >= 11 is 0. The highest BCUT2D eigenvalue weighted by Gasteiger charge is 2.21. The van der Waals surface area contributed by atoms with Crippen LogP contribution in [0.5, 0.6) is 0 Å². The second-order valence-electron chi connectivity index (χ2n) is 3.05. The summed E-state index contributed by atoms with van der Waals surface area (Å²) in [7, 11) is 0. The lowest BCUT2D eigenvalue weighted by atomic mass is 10.00. The molecule has 1 aromatic rings. The van der Waals surface area contributed by atoms with Gasteiger partial charge >= 0.3 is 5.97 Å². The first-order valence-electron chi connectivity index (χ1n) is 4.79. The number of hydrogen-bond donors (Lipinski definition) is 0. The van der Waals surface area contributed by atoms with E-state index in [9.17, 15) is 4.79 Å². The highest BCUT2D eigenvalue weighted by atomic mass is 16.5.